The molecule has 0 atom stereocenters. The maximum absolute atomic E-state index is 13.7. The molecule has 0 spiro atoms. The maximum Gasteiger partial charge on any atom is 0.131 e. The van der Waals surface area contributed by atoms with Gasteiger partial charge in [-0.25, -0.2) is 8.78 Å². The average molecular weight is 294 g/mol. The van der Waals surface area contributed by atoms with Gasteiger partial charge in [0.05, 0.1) is 0 Å². The lowest BCUT2D eigenvalue weighted by Gasteiger charge is -2.09. The smallest absolute Gasteiger partial charge is 0.131 e. The highest BCUT2D eigenvalue weighted by Crippen LogP contribution is 2.29. The van der Waals surface area contributed by atoms with Crippen LogP contribution in [0.25, 0.3) is 11.1 Å². The second-order valence-electron chi connectivity index (χ2n) is 5.09. The van der Waals surface area contributed by atoms with E-state index in [2.05, 4.69) is 5.32 Å². The number of benzene rings is 2. The van der Waals surface area contributed by atoms with Gasteiger partial charge in [0.25, 0.3) is 0 Å². The first kappa shape index (κ1) is 13.5. The molecule has 1 N–H and O–H groups in total. The van der Waals surface area contributed by atoms with Crippen molar-refractivity contribution in [3.05, 3.63) is 58.6 Å². The van der Waals surface area contributed by atoms with Crippen LogP contribution < -0.4 is 5.32 Å². The molecular weight excluding hydrogens is 280 g/mol. The quantitative estimate of drug-likeness (QED) is 0.873. The van der Waals surface area contributed by atoms with E-state index < -0.39 is 11.6 Å². The first-order valence-electron chi connectivity index (χ1n) is 6.61. The summed E-state index contributed by atoms with van der Waals surface area (Å²) in [4.78, 5) is 0. The van der Waals surface area contributed by atoms with Crippen LogP contribution in [0.1, 0.15) is 18.4 Å². The van der Waals surface area contributed by atoms with Gasteiger partial charge in [-0.15, -0.1) is 0 Å². The molecule has 4 heteroatoms. The van der Waals surface area contributed by atoms with Crippen LogP contribution in [-0.4, -0.2) is 6.04 Å². The molecule has 0 saturated heterocycles. The first-order chi connectivity index (χ1) is 9.63. The van der Waals surface area contributed by atoms with Crippen LogP contribution in [0, 0.1) is 11.6 Å². The predicted molar refractivity (Wildman–Crippen MR) is 76.7 cm³/mol. The van der Waals surface area contributed by atoms with Gasteiger partial charge < -0.3 is 5.32 Å². The lowest BCUT2D eigenvalue weighted by molar-refractivity contribution is 0.603. The van der Waals surface area contributed by atoms with Gasteiger partial charge in [-0.3, -0.25) is 0 Å². The fraction of sp³-hybridized carbons (Fsp3) is 0.250. The van der Waals surface area contributed by atoms with E-state index in [4.69, 9.17) is 11.6 Å². The molecule has 104 valence electrons. The molecule has 1 nitrogen and oxygen atoms in total. The summed E-state index contributed by atoms with van der Waals surface area (Å²) in [5, 5.41) is 3.94. The Bertz CT molecular complexity index is 638. The lowest BCUT2D eigenvalue weighted by Crippen LogP contribution is -2.15. The van der Waals surface area contributed by atoms with E-state index in [9.17, 15) is 8.78 Å². The summed E-state index contributed by atoms with van der Waals surface area (Å²) < 4.78 is 26.9. The van der Waals surface area contributed by atoms with Gasteiger partial charge in [-0.05, 0) is 48.2 Å². The lowest BCUT2D eigenvalue weighted by atomic mass is 10.0. The van der Waals surface area contributed by atoms with Crippen molar-refractivity contribution in [1.29, 1.82) is 0 Å². The van der Waals surface area contributed by atoms with Crippen LogP contribution in [-0.2, 0) is 6.54 Å². The van der Waals surface area contributed by atoms with Crippen LogP contribution in [0.2, 0.25) is 5.02 Å². The van der Waals surface area contributed by atoms with E-state index >= 15 is 0 Å². The minimum atomic E-state index is -0.461. The predicted octanol–water partition coefficient (Wildman–Crippen LogP) is 4.54. The van der Waals surface area contributed by atoms with Gasteiger partial charge in [0, 0.05) is 23.2 Å². The van der Waals surface area contributed by atoms with Gasteiger partial charge in [0.2, 0.25) is 0 Å². The zero-order valence-corrected chi connectivity index (χ0v) is 11.6. The highest BCUT2D eigenvalue weighted by atomic mass is 35.5. The minimum absolute atomic E-state index is 0.230. The molecule has 1 saturated carbocycles. The zero-order chi connectivity index (χ0) is 14.1. The topological polar surface area (TPSA) is 12.0 Å². The van der Waals surface area contributed by atoms with Gasteiger partial charge in [0.15, 0.2) is 0 Å². The standard InChI is InChI=1S/C16H14ClF2N/c17-15-7-10(14-8-12(18)3-6-16(14)19)1-2-11(15)9-20-13-4-5-13/h1-3,6-8,13,20H,4-5,9H2. The van der Waals surface area contributed by atoms with Crippen molar-refractivity contribution >= 4 is 11.6 Å². The number of halogens is 3. The van der Waals surface area contributed by atoms with Crippen molar-refractivity contribution in [2.75, 3.05) is 0 Å². The van der Waals surface area contributed by atoms with Crippen molar-refractivity contribution < 1.29 is 8.78 Å². The zero-order valence-electron chi connectivity index (χ0n) is 10.8. The van der Waals surface area contributed by atoms with Gasteiger partial charge in [0.1, 0.15) is 11.6 Å². The van der Waals surface area contributed by atoms with Crippen LogP contribution in [0.3, 0.4) is 0 Å². The molecule has 0 aromatic heterocycles. The fourth-order valence-electron chi connectivity index (χ4n) is 2.12. The molecule has 0 unspecified atom stereocenters. The summed E-state index contributed by atoms with van der Waals surface area (Å²) in [7, 11) is 0. The molecule has 0 amide bonds. The second-order valence-corrected chi connectivity index (χ2v) is 5.49. The molecule has 2 aromatic rings. The molecule has 2 aromatic carbocycles. The molecule has 1 aliphatic rings. The number of nitrogens with one attached hydrogen (secondary N) is 1. The Morgan fingerprint density at radius 1 is 1.10 bits per heavy atom. The molecular formula is C16H14ClF2N. The van der Waals surface area contributed by atoms with Gasteiger partial charge in [-0.1, -0.05) is 23.7 Å². The third-order valence-corrected chi connectivity index (χ3v) is 3.80. The average Bonchev–Trinajstić information content (AvgIpc) is 3.24. The monoisotopic (exact) mass is 293 g/mol. The van der Waals surface area contributed by atoms with Gasteiger partial charge >= 0.3 is 0 Å². The van der Waals surface area contributed by atoms with Crippen LogP contribution in [0.5, 0.6) is 0 Å². The van der Waals surface area contributed by atoms with Crippen LogP contribution in [0.15, 0.2) is 36.4 Å². The van der Waals surface area contributed by atoms with Crippen LogP contribution >= 0.6 is 11.6 Å². The van der Waals surface area contributed by atoms with E-state index in [1.165, 1.54) is 18.9 Å². The van der Waals surface area contributed by atoms with Crippen molar-refractivity contribution in [3.63, 3.8) is 0 Å². The number of hydrogen-bond acceptors (Lipinski definition) is 1. The Hall–Kier alpha value is -1.45. The summed E-state index contributed by atoms with van der Waals surface area (Å²) in [5.74, 6) is -0.914. The third kappa shape index (κ3) is 3.00. The SMILES string of the molecule is Fc1ccc(F)c(-c2ccc(CNC3CC3)c(Cl)c2)c1. The Morgan fingerprint density at radius 3 is 2.60 bits per heavy atom. The Labute approximate surface area is 121 Å². The Kier molecular flexibility index (Phi) is 3.72. The van der Waals surface area contributed by atoms with E-state index in [-0.39, 0.29) is 5.56 Å². The molecule has 1 fully saturated rings. The normalized spacial score (nSPS) is 14.6. The van der Waals surface area contributed by atoms with Gasteiger partial charge in [-0.2, -0.15) is 0 Å². The second kappa shape index (κ2) is 5.51. The van der Waals surface area contributed by atoms with Crippen molar-refractivity contribution in [1.82, 2.24) is 5.32 Å². The first-order valence-corrected chi connectivity index (χ1v) is 6.98. The van der Waals surface area contributed by atoms with Crippen molar-refractivity contribution in [2.24, 2.45) is 0 Å². The number of hydrogen-bond donors (Lipinski definition) is 1. The Morgan fingerprint density at radius 2 is 1.90 bits per heavy atom. The third-order valence-electron chi connectivity index (χ3n) is 3.45. The molecule has 20 heavy (non-hydrogen) atoms. The summed E-state index contributed by atoms with van der Waals surface area (Å²) in [5.41, 5.74) is 1.79. The van der Waals surface area contributed by atoms with E-state index in [0.717, 1.165) is 17.7 Å². The minimum Gasteiger partial charge on any atom is -0.310 e. The Balaban J connectivity index is 1.86. The van der Waals surface area contributed by atoms with E-state index in [1.54, 1.807) is 12.1 Å². The van der Waals surface area contributed by atoms with Crippen molar-refractivity contribution in [2.45, 2.75) is 25.4 Å². The maximum atomic E-state index is 13.7. The highest BCUT2D eigenvalue weighted by Gasteiger charge is 2.20. The molecule has 0 bridgehead atoms. The highest BCUT2D eigenvalue weighted by molar-refractivity contribution is 6.31. The summed E-state index contributed by atoms with van der Waals surface area (Å²) in [6, 6.07) is 9.33. The van der Waals surface area contributed by atoms with E-state index in [0.29, 0.717) is 23.2 Å². The molecule has 1 aliphatic carbocycles. The molecule has 0 heterocycles. The van der Waals surface area contributed by atoms with Crippen LogP contribution in [0.4, 0.5) is 8.78 Å². The molecule has 3 rings (SSSR count). The molecule has 0 aliphatic heterocycles. The van der Waals surface area contributed by atoms with Crippen molar-refractivity contribution in [3.8, 4) is 11.1 Å². The largest absolute Gasteiger partial charge is 0.310 e. The summed E-state index contributed by atoms with van der Waals surface area (Å²) >= 11 is 6.22. The fourth-order valence-corrected chi connectivity index (χ4v) is 2.37. The summed E-state index contributed by atoms with van der Waals surface area (Å²) in [6.07, 6.45) is 2.43. The molecule has 0 radical (unpaired) electrons. The van der Waals surface area contributed by atoms with E-state index in [1.807, 2.05) is 6.07 Å². The number of rotatable bonds is 4. The summed E-state index contributed by atoms with van der Waals surface area (Å²) in [6.45, 7) is 0.704.